The van der Waals surface area contributed by atoms with Crippen LogP contribution in [0.4, 0.5) is 0 Å². The van der Waals surface area contributed by atoms with Gasteiger partial charge in [-0.25, -0.2) is 0 Å². The molecule has 0 unspecified atom stereocenters. The number of halogens is 2. The van der Waals surface area contributed by atoms with Crippen molar-refractivity contribution in [1.82, 2.24) is 14.9 Å². The second kappa shape index (κ2) is 7.77. The molecule has 0 fully saturated rings. The van der Waals surface area contributed by atoms with E-state index >= 15 is 0 Å². The zero-order valence-electron chi connectivity index (χ0n) is 11.9. The van der Waals surface area contributed by atoms with Crippen molar-refractivity contribution in [2.24, 2.45) is 5.10 Å². The Morgan fingerprint density at radius 1 is 1.17 bits per heavy atom. The van der Waals surface area contributed by atoms with E-state index in [0.29, 0.717) is 0 Å². The van der Waals surface area contributed by atoms with Gasteiger partial charge in [0.25, 0.3) is 0 Å². The van der Waals surface area contributed by atoms with E-state index in [2.05, 4.69) is 31.2 Å². The molecule has 0 spiro atoms. The van der Waals surface area contributed by atoms with Crippen molar-refractivity contribution in [2.45, 2.75) is 10.9 Å². The Morgan fingerprint density at radius 3 is 2.74 bits per heavy atom. The van der Waals surface area contributed by atoms with Gasteiger partial charge in [-0.2, -0.15) is 9.78 Å². The van der Waals surface area contributed by atoms with E-state index in [0.717, 1.165) is 26.0 Å². The Bertz CT molecular complexity index is 817. The fourth-order valence-electron chi connectivity index (χ4n) is 1.83. The van der Waals surface area contributed by atoms with Gasteiger partial charge in [-0.1, -0.05) is 69.6 Å². The molecule has 116 valence electrons. The van der Waals surface area contributed by atoms with E-state index in [-0.39, 0.29) is 0 Å². The van der Waals surface area contributed by atoms with Gasteiger partial charge in [0.1, 0.15) is 6.33 Å². The molecule has 0 saturated heterocycles. The molecule has 0 amide bonds. The summed E-state index contributed by atoms with van der Waals surface area (Å²) >= 11 is 11.0. The van der Waals surface area contributed by atoms with Crippen LogP contribution in [0.3, 0.4) is 0 Å². The van der Waals surface area contributed by atoms with Gasteiger partial charge in [-0.3, -0.25) is 0 Å². The van der Waals surface area contributed by atoms with Crippen molar-refractivity contribution < 1.29 is 0 Å². The smallest absolute Gasteiger partial charge is 0.195 e. The van der Waals surface area contributed by atoms with Crippen LogP contribution in [0.2, 0.25) is 5.02 Å². The number of thioether (sulfide) groups is 1. The third-order valence-electron chi connectivity index (χ3n) is 3.01. The number of nitrogens with zero attached hydrogens (tertiary/aromatic N) is 4. The van der Waals surface area contributed by atoms with E-state index in [9.17, 15) is 0 Å². The van der Waals surface area contributed by atoms with Crippen molar-refractivity contribution in [3.05, 3.63) is 75.5 Å². The fraction of sp³-hybridized carbons (Fsp3) is 0.0625. The molecule has 0 aliphatic heterocycles. The highest BCUT2D eigenvalue weighted by atomic mass is 79.9. The SMILES string of the molecule is Clc1ccc(CSc2nncn2/N=C/c2ccccc2Br)cc1. The minimum Gasteiger partial charge on any atom is -0.195 e. The largest absolute Gasteiger partial charge is 0.212 e. The molecule has 23 heavy (non-hydrogen) atoms. The van der Waals surface area contributed by atoms with Gasteiger partial charge in [-0.15, -0.1) is 10.2 Å². The quantitative estimate of drug-likeness (QED) is 0.448. The maximum Gasteiger partial charge on any atom is 0.212 e. The second-order valence-corrected chi connectivity index (χ2v) is 6.87. The standard InChI is InChI=1S/C16H12BrClN4S/c17-15-4-2-1-3-13(15)9-20-22-11-19-21-16(22)23-10-12-5-7-14(18)8-6-12/h1-9,11H,10H2/b20-9+. The highest BCUT2D eigenvalue weighted by Gasteiger charge is 2.05. The van der Waals surface area contributed by atoms with Crippen LogP contribution in [-0.4, -0.2) is 21.1 Å². The molecule has 1 heterocycles. The summed E-state index contributed by atoms with van der Waals surface area (Å²) in [4.78, 5) is 0. The van der Waals surface area contributed by atoms with Gasteiger partial charge in [0.05, 0.1) is 6.21 Å². The summed E-state index contributed by atoms with van der Waals surface area (Å²) in [7, 11) is 0. The predicted octanol–water partition coefficient (Wildman–Crippen LogP) is 4.87. The topological polar surface area (TPSA) is 43.1 Å². The van der Waals surface area contributed by atoms with Crippen LogP contribution < -0.4 is 0 Å². The second-order valence-electron chi connectivity index (χ2n) is 4.64. The molecule has 0 saturated carbocycles. The Hall–Kier alpha value is -1.63. The van der Waals surface area contributed by atoms with Gasteiger partial charge < -0.3 is 0 Å². The predicted molar refractivity (Wildman–Crippen MR) is 98.2 cm³/mol. The maximum atomic E-state index is 5.89. The summed E-state index contributed by atoms with van der Waals surface area (Å²) in [5.41, 5.74) is 2.17. The Morgan fingerprint density at radius 2 is 1.96 bits per heavy atom. The Balaban J connectivity index is 1.70. The van der Waals surface area contributed by atoms with Crippen molar-refractivity contribution in [3.8, 4) is 0 Å². The third-order valence-corrected chi connectivity index (χ3v) is 4.99. The lowest BCUT2D eigenvalue weighted by atomic mass is 10.2. The van der Waals surface area contributed by atoms with E-state index in [1.54, 1.807) is 29.0 Å². The molecule has 0 N–H and O–H groups in total. The van der Waals surface area contributed by atoms with Gasteiger partial charge in [-0.05, 0) is 23.8 Å². The molecule has 0 bridgehead atoms. The molecule has 0 atom stereocenters. The average Bonchev–Trinajstić information content (AvgIpc) is 3.01. The lowest BCUT2D eigenvalue weighted by Crippen LogP contribution is -1.93. The van der Waals surface area contributed by atoms with Crippen LogP contribution in [0.1, 0.15) is 11.1 Å². The van der Waals surface area contributed by atoms with Crippen LogP contribution in [0.25, 0.3) is 0 Å². The fourth-order valence-corrected chi connectivity index (χ4v) is 3.16. The van der Waals surface area contributed by atoms with E-state index in [4.69, 9.17) is 11.6 Å². The maximum absolute atomic E-state index is 5.89. The van der Waals surface area contributed by atoms with Crippen LogP contribution in [-0.2, 0) is 5.75 Å². The van der Waals surface area contributed by atoms with Gasteiger partial charge in [0.15, 0.2) is 0 Å². The number of hydrogen-bond acceptors (Lipinski definition) is 4. The monoisotopic (exact) mass is 406 g/mol. The highest BCUT2D eigenvalue weighted by Crippen LogP contribution is 2.22. The van der Waals surface area contributed by atoms with E-state index in [1.165, 1.54) is 5.56 Å². The molecule has 3 aromatic rings. The summed E-state index contributed by atoms with van der Waals surface area (Å²) < 4.78 is 2.66. The first-order valence-electron chi connectivity index (χ1n) is 6.78. The molecule has 7 heteroatoms. The molecule has 0 aliphatic carbocycles. The molecule has 3 rings (SSSR count). The minimum atomic E-state index is 0.736. The van der Waals surface area contributed by atoms with Crippen LogP contribution in [0.15, 0.2) is 69.6 Å². The van der Waals surface area contributed by atoms with Crippen LogP contribution >= 0.6 is 39.3 Å². The van der Waals surface area contributed by atoms with Gasteiger partial charge in [0.2, 0.25) is 5.16 Å². The molecule has 0 radical (unpaired) electrons. The van der Waals surface area contributed by atoms with E-state index < -0.39 is 0 Å². The number of benzene rings is 2. The molecular weight excluding hydrogens is 396 g/mol. The van der Waals surface area contributed by atoms with Crippen molar-refractivity contribution >= 4 is 45.5 Å². The minimum absolute atomic E-state index is 0.736. The summed E-state index contributed by atoms with van der Waals surface area (Å²) in [5.74, 6) is 0.778. The highest BCUT2D eigenvalue weighted by molar-refractivity contribution is 9.10. The molecule has 4 nitrogen and oxygen atoms in total. The lowest BCUT2D eigenvalue weighted by Gasteiger charge is -2.02. The summed E-state index contributed by atoms with van der Waals surface area (Å²) in [6.45, 7) is 0. The number of rotatable bonds is 5. The van der Waals surface area contributed by atoms with Crippen molar-refractivity contribution in [1.29, 1.82) is 0 Å². The van der Waals surface area contributed by atoms with Gasteiger partial charge >= 0.3 is 0 Å². The van der Waals surface area contributed by atoms with Crippen molar-refractivity contribution in [3.63, 3.8) is 0 Å². The van der Waals surface area contributed by atoms with Gasteiger partial charge in [0, 0.05) is 20.8 Å². The zero-order valence-corrected chi connectivity index (χ0v) is 15.1. The Labute approximate surface area is 151 Å². The first-order valence-corrected chi connectivity index (χ1v) is 8.94. The summed E-state index contributed by atoms with van der Waals surface area (Å²) in [5, 5.41) is 13.9. The third kappa shape index (κ3) is 4.43. The molecule has 1 aromatic heterocycles. The van der Waals surface area contributed by atoms with E-state index in [1.807, 2.05) is 48.5 Å². The Kier molecular flexibility index (Phi) is 5.48. The van der Waals surface area contributed by atoms with Crippen LogP contribution in [0.5, 0.6) is 0 Å². The van der Waals surface area contributed by atoms with Crippen molar-refractivity contribution in [2.75, 3.05) is 0 Å². The zero-order chi connectivity index (χ0) is 16.1. The first kappa shape index (κ1) is 16.2. The molecular formula is C16H12BrClN4S. The number of aromatic nitrogens is 3. The molecule has 0 aliphatic rings. The van der Waals surface area contributed by atoms with Crippen LogP contribution in [0, 0.1) is 0 Å². The average molecular weight is 408 g/mol. The lowest BCUT2D eigenvalue weighted by molar-refractivity contribution is 0.767. The summed E-state index contributed by atoms with van der Waals surface area (Å²) in [6.07, 6.45) is 3.37. The normalized spacial score (nSPS) is 11.2. The summed E-state index contributed by atoms with van der Waals surface area (Å²) in [6, 6.07) is 15.7. The number of hydrogen-bond donors (Lipinski definition) is 0. The molecule has 2 aromatic carbocycles. The first-order chi connectivity index (χ1) is 11.2.